The Morgan fingerprint density at radius 3 is 2.60 bits per heavy atom. The molecule has 2 heteroatoms. The highest BCUT2D eigenvalue weighted by atomic mass is 16.5. The van der Waals surface area contributed by atoms with Crippen molar-refractivity contribution in [1.29, 1.82) is 0 Å². The summed E-state index contributed by atoms with van der Waals surface area (Å²) in [6, 6.07) is 6.74. The van der Waals surface area contributed by atoms with Crippen LogP contribution in [0.5, 0.6) is 5.75 Å². The van der Waals surface area contributed by atoms with Gasteiger partial charge in [-0.25, -0.2) is 0 Å². The van der Waals surface area contributed by atoms with Gasteiger partial charge in [-0.3, -0.25) is 0 Å². The molecular formula is C13H21NO. The lowest BCUT2D eigenvalue weighted by molar-refractivity contribution is 0.331. The molecule has 0 spiro atoms. The van der Waals surface area contributed by atoms with Gasteiger partial charge in [0.25, 0.3) is 0 Å². The van der Waals surface area contributed by atoms with Gasteiger partial charge in [-0.2, -0.15) is 0 Å². The fourth-order valence-electron chi connectivity index (χ4n) is 1.81. The van der Waals surface area contributed by atoms with Crippen LogP contribution in [0.15, 0.2) is 18.2 Å². The van der Waals surface area contributed by atoms with Crippen molar-refractivity contribution in [2.75, 3.05) is 13.7 Å². The van der Waals surface area contributed by atoms with E-state index in [2.05, 4.69) is 37.4 Å². The van der Waals surface area contributed by atoms with Crippen LogP contribution >= 0.6 is 0 Å². The van der Waals surface area contributed by atoms with E-state index in [1.807, 2.05) is 14.0 Å². The van der Waals surface area contributed by atoms with Crippen molar-refractivity contribution in [2.24, 2.45) is 0 Å². The molecule has 2 nitrogen and oxygen atoms in total. The fourth-order valence-corrected chi connectivity index (χ4v) is 1.81. The third-order valence-electron chi connectivity index (χ3n) is 2.60. The molecule has 1 N–H and O–H groups in total. The summed E-state index contributed by atoms with van der Waals surface area (Å²) in [7, 11) is 1.99. The van der Waals surface area contributed by atoms with Crippen LogP contribution in [0.3, 0.4) is 0 Å². The molecule has 84 valence electrons. The van der Waals surface area contributed by atoms with E-state index in [-0.39, 0.29) is 0 Å². The number of nitrogens with one attached hydrogen (secondary N) is 1. The van der Waals surface area contributed by atoms with Gasteiger partial charge < -0.3 is 10.1 Å². The Bertz CT molecular complexity index is 305. The Morgan fingerprint density at radius 2 is 2.07 bits per heavy atom. The molecular weight excluding hydrogens is 186 g/mol. The summed E-state index contributed by atoms with van der Waals surface area (Å²) in [6.45, 7) is 7.03. The molecule has 0 fully saturated rings. The van der Waals surface area contributed by atoms with Crippen LogP contribution in [0.2, 0.25) is 0 Å². The minimum Gasteiger partial charge on any atom is -0.494 e. The van der Waals surface area contributed by atoms with Crippen LogP contribution in [0.1, 0.15) is 37.4 Å². The summed E-state index contributed by atoms with van der Waals surface area (Å²) in [5.74, 6) is 1.00. The highest BCUT2D eigenvalue weighted by Crippen LogP contribution is 2.28. The Hall–Kier alpha value is -1.02. The third kappa shape index (κ3) is 2.96. The summed E-state index contributed by atoms with van der Waals surface area (Å²) in [5, 5.41) is 3.31. The first kappa shape index (κ1) is 12.1. The maximum atomic E-state index is 5.64. The van der Waals surface area contributed by atoms with Crippen molar-refractivity contribution in [3.05, 3.63) is 29.3 Å². The second-order valence-electron chi connectivity index (χ2n) is 3.72. The standard InChI is InChI=1S/C13H21NO/c1-5-12(14-4)11-9-10(3)7-8-13(11)15-6-2/h7-9,12,14H,5-6H2,1-4H3. The number of hydrogen-bond donors (Lipinski definition) is 1. The van der Waals surface area contributed by atoms with Crippen molar-refractivity contribution in [1.82, 2.24) is 5.32 Å². The highest BCUT2D eigenvalue weighted by Gasteiger charge is 2.12. The summed E-state index contributed by atoms with van der Waals surface area (Å²) < 4.78 is 5.64. The van der Waals surface area contributed by atoms with Gasteiger partial charge in [0.1, 0.15) is 5.75 Å². The monoisotopic (exact) mass is 207 g/mol. The predicted molar refractivity (Wildman–Crippen MR) is 64.4 cm³/mol. The van der Waals surface area contributed by atoms with Gasteiger partial charge in [-0.15, -0.1) is 0 Å². The molecule has 1 atom stereocenters. The number of benzene rings is 1. The van der Waals surface area contributed by atoms with E-state index in [9.17, 15) is 0 Å². The van der Waals surface area contributed by atoms with Crippen LogP contribution in [0.4, 0.5) is 0 Å². The third-order valence-corrected chi connectivity index (χ3v) is 2.60. The molecule has 0 aliphatic heterocycles. The molecule has 0 bridgehead atoms. The lowest BCUT2D eigenvalue weighted by Gasteiger charge is -2.19. The Morgan fingerprint density at radius 1 is 1.33 bits per heavy atom. The number of aryl methyl sites for hydroxylation is 1. The largest absolute Gasteiger partial charge is 0.494 e. The van der Waals surface area contributed by atoms with Crippen molar-refractivity contribution in [2.45, 2.75) is 33.2 Å². The van der Waals surface area contributed by atoms with Crippen molar-refractivity contribution < 1.29 is 4.74 Å². The van der Waals surface area contributed by atoms with Gasteiger partial charge in [-0.1, -0.05) is 24.6 Å². The molecule has 0 heterocycles. The van der Waals surface area contributed by atoms with E-state index < -0.39 is 0 Å². The molecule has 1 aromatic carbocycles. The number of ether oxygens (including phenoxy) is 1. The summed E-state index contributed by atoms with van der Waals surface area (Å²) in [4.78, 5) is 0. The summed E-state index contributed by atoms with van der Waals surface area (Å²) >= 11 is 0. The van der Waals surface area contributed by atoms with E-state index in [0.717, 1.165) is 18.8 Å². The molecule has 15 heavy (non-hydrogen) atoms. The van der Waals surface area contributed by atoms with Crippen molar-refractivity contribution >= 4 is 0 Å². The highest BCUT2D eigenvalue weighted by molar-refractivity contribution is 5.39. The zero-order chi connectivity index (χ0) is 11.3. The van der Waals surface area contributed by atoms with Crippen LogP contribution in [0.25, 0.3) is 0 Å². The maximum absolute atomic E-state index is 5.64. The molecule has 0 radical (unpaired) electrons. The smallest absolute Gasteiger partial charge is 0.124 e. The van der Waals surface area contributed by atoms with Crippen LogP contribution in [-0.2, 0) is 0 Å². The zero-order valence-corrected chi connectivity index (χ0v) is 10.1. The average molecular weight is 207 g/mol. The van der Waals surface area contributed by atoms with Gasteiger partial charge in [0.05, 0.1) is 6.61 Å². The van der Waals surface area contributed by atoms with Gasteiger partial charge in [0.15, 0.2) is 0 Å². The number of rotatable bonds is 5. The quantitative estimate of drug-likeness (QED) is 0.801. The minimum atomic E-state index is 0.381. The summed E-state index contributed by atoms with van der Waals surface area (Å²) in [5.41, 5.74) is 2.55. The number of hydrogen-bond acceptors (Lipinski definition) is 2. The predicted octanol–water partition coefficient (Wildman–Crippen LogP) is 3.06. The van der Waals surface area contributed by atoms with E-state index in [0.29, 0.717) is 6.04 Å². The van der Waals surface area contributed by atoms with E-state index >= 15 is 0 Å². The van der Waals surface area contributed by atoms with Crippen molar-refractivity contribution in [3.63, 3.8) is 0 Å². The van der Waals surface area contributed by atoms with E-state index in [4.69, 9.17) is 4.74 Å². The first-order valence-electron chi connectivity index (χ1n) is 5.63. The Balaban J connectivity index is 3.04. The molecule has 0 aliphatic carbocycles. The zero-order valence-electron chi connectivity index (χ0n) is 10.1. The van der Waals surface area contributed by atoms with Crippen molar-refractivity contribution in [3.8, 4) is 5.75 Å². The molecule has 0 aromatic heterocycles. The molecule has 1 rings (SSSR count). The SMILES string of the molecule is CCOc1ccc(C)cc1C(CC)NC. The molecule has 0 amide bonds. The lowest BCUT2D eigenvalue weighted by Crippen LogP contribution is -2.16. The topological polar surface area (TPSA) is 21.3 Å². The normalized spacial score (nSPS) is 12.5. The van der Waals surface area contributed by atoms with Crippen LogP contribution in [0, 0.1) is 6.92 Å². The van der Waals surface area contributed by atoms with Gasteiger partial charge in [0.2, 0.25) is 0 Å². The average Bonchev–Trinajstić information content (AvgIpc) is 2.24. The van der Waals surface area contributed by atoms with Gasteiger partial charge >= 0.3 is 0 Å². The molecule has 1 unspecified atom stereocenters. The summed E-state index contributed by atoms with van der Waals surface area (Å²) in [6.07, 6.45) is 1.07. The van der Waals surface area contributed by atoms with E-state index in [1.165, 1.54) is 11.1 Å². The first-order valence-corrected chi connectivity index (χ1v) is 5.63. The van der Waals surface area contributed by atoms with E-state index in [1.54, 1.807) is 0 Å². The first-order chi connectivity index (χ1) is 7.22. The molecule has 1 aromatic rings. The molecule has 0 saturated carbocycles. The van der Waals surface area contributed by atoms with Gasteiger partial charge in [-0.05, 0) is 33.4 Å². The second-order valence-corrected chi connectivity index (χ2v) is 3.72. The maximum Gasteiger partial charge on any atom is 0.124 e. The van der Waals surface area contributed by atoms with Gasteiger partial charge in [0, 0.05) is 11.6 Å². The fraction of sp³-hybridized carbons (Fsp3) is 0.538. The minimum absolute atomic E-state index is 0.381. The second kappa shape index (κ2) is 5.76. The van der Waals surface area contributed by atoms with Crippen LogP contribution in [-0.4, -0.2) is 13.7 Å². The van der Waals surface area contributed by atoms with Crippen LogP contribution < -0.4 is 10.1 Å². The Labute approximate surface area is 92.6 Å². The Kier molecular flexibility index (Phi) is 4.63. The lowest BCUT2D eigenvalue weighted by atomic mass is 10.0. The molecule has 0 aliphatic rings. The molecule has 0 saturated heterocycles.